The predicted molar refractivity (Wildman–Crippen MR) is 86.4 cm³/mol. The van der Waals surface area contributed by atoms with E-state index < -0.39 is 22.5 Å². The van der Waals surface area contributed by atoms with E-state index in [9.17, 15) is 9.00 Å². The molecule has 1 aromatic rings. The number of carbonyl (C=O) groups is 1. The number of benzene rings is 1. The van der Waals surface area contributed by atoms with Crippen LogP contribution < -0.4 is 11.1 Å². The average molecular weight is 312 g/mol. The topological polar surface area (TPSA) is 81.4 Å². The Morgan fingerprint density at radius 2 is 2.05 bits per heavy atom. The Kier molecular flexibility index (Phi) is 5.78. The molecule has 21 heavy (non-hydrogen) atoms. The molecule has 1 aromatic carbocycles. The van der Waals surface area contributed by atoms with E-state index in [1.54, 1.807) is 18.4 Å². The zero-order valence-corrected chi connectivity index (χ0v) is 14.0. The molecule has 0 aliphatic carbocycles. The third-order valence-corrected chi connectivity index (χ3v) is 3.44. The van der Waals surface area contributed by atoms with Crippen molar-refractivity contribution >= 4 is 22.6 Å². The Bertz CT molecular complexity index is 538. The van der Waals surface area contributed by atoms with Gasteiger partial charge >= 0.3 is 6.09 Å². The van der Waals surface area contributed by atoms with Crippen molar-refractivity contribution in [1.82, 2.24) is 5.32 Å². The van der Waals surface area contributed by atoms with Gasteiger partial charge in [0.25, 0.3) is 0 Å². The molecule has 1 rings (SSSR count). The summed E-state index contributed by atoms with van der Waals surface area (Å²) in [6.07, 6.45) is 1.16. The zero-order chi connectivity index (χ0) is 16.2. The van der Waals surface area contributed by atoms with Gasteiger partial charge in [0.1, 0.15) is 5.60 Å². The van der Waals surface area contributed by atoms with Crippen LogP contribution >= 0.6 is 0 Å². The molecule has 0 heterocycles. The summed E-state index contributed by atoms with van der Waals surface area (Å²) in [6.45, 7) is 7.29. The number of rotatable bonds is 4. The van der Waals surface area contributed by atoms with Crippen LogP contribution in [0.25, 0.3) is 0 Å². The van der Waals surface area contributed by atoms with E-state index in [1.165, 1.54) is 0 Å². The summed E-state index contributed by atoms with van der Waals surface area (Å²) in [4.78, 5) is 11.8. The standard InChI is InChI=1S/C15H24N2O3S/c1-10(17-14(18)20-15(2,3)4)13-7-6-12(16)8-11(13)9-21(5)19/h6-8,10H,9,16H2,1-5H3,(H,17,18). The number of hydrogen-bond donors (Lipinski definition) is 2. The Balaban J connectivity index is 2.89. The van der Waals surface area contributed by atoms with Crippen LogP contribution in [-0.2, 0) is 21.3 Å². The molecule has 0 aliphatic rings. The van der Waals surface area contributed by atoms with Crippen LogP contribution in [0.1, 0.15) is 44.9 Å². The number of nitrogen functional groups attached to an aromatic ring is 1. The molecule has 1 amide bonds. The van der Waals surface area contributed by atoms with Crippen molar-refractivity contribution in [2.75, 3.05) is 12.0 Å². The maximum Gasteiger partial charge on any atom is 0.408 e. The van der Waals surface area contributed by atoms with E-state index in [1.807, 2.05) is 33.8 Å². The van der Waals surface area contributed by atoms with Gasteiger partial charge in [0.05, 0.1) is 6.04 Å². The van der Waals surface area contributed by atoms with Gasteiger partial charge in [-0.1, -0.05) is 6.07 Å². The van der Waals surface area contributed by atoms with Crippen LogP contribution in [0.5, 0.6) is 0 Å². The van der Waals surface area contributed by atoms with Crippen LogP contribution in [0.4, 0.5) is 10.5 Å². The van der Waals surface area contributed by atoms with Gasteiger partial charge in [0.2, 0.25) is 0 Å². The summed E-state index contributed by atoms with van der Waals surface area (Å²) in [5.74, 6) is 0.403. The van der Waals surface area contributed by atoms with Crippen molar-refractivity contribution in [3.8, 4) is 0 Å². The lowest BCUT2D eigenvalue weighted by molar-refractivity contribution is 0.0508. The molecule has 0 bridgehead atoms. The summed E-state index contributed by atoms with van der Waals surface area (Å²) >= 11 is 0. The maximum atomic E-state index is 11.8. The number of amides is 1. The van der Waals surface area contributed by atoms with Crippen molar-refractivity contribution in [3.63, 3.8) is 0 Å². The highest BCUT2D eigenvalue weighted by molar-refractivity contribution is 7.83. The second kappa shape index (κ2) is 6.93. The number of hydrogen-bond acceptors (Lipinski definition) is 4. The smallest absolute Gasteiger partial charge is 0.408 e. The van der Waals surface area contributed by atoms with Gasteiger partial charge in [-0.25, -0.2) is 4.79 Å². The SMILES string of the molecule is CC(NC(=O)OC(C)(C)C)c1ccc(N)cc1CS(C)=O. The minimum atomic E-state index is -0.980. The molecular formula is C15H24N2O3S. The largest absolute Gasteiger partial charge is 0.444 e. The third kappa shape index (κ3) is 6.16. The van der Waals surface area contributed by atoms with Gasteiger partial charge < -0.3 is 15.8 Å². The van der Waals surface area contributed by atoms with E-state index in [0.29, 0.717) is 11.4 Å². The normalized spacial score (nSPS) is 14.3. The molecule has 0 saturated carbocycles. The number of ether oxygens (including phenoxy) is 1. The lowest BCUT2D eigenvalue weighted by Gasteiger charge is -2.23. The summed E-state index contributed by atoms with van der Waals surface area (Å²) in [5.41, 5.74) is 7.62. The van der Waals surface area contributed by atoms with Gasteiger partial charge in [-0.2, -0.15) is 0 Å². The molecule has 5 nitrogen and oxygen atoms in total. The molecular weight excluding hydrogens is 288 g/mol. The van der Waals surface area contributed by atoms with Gasteiger partial charge in [-0.05, 0) is 51.0 Å². The summed E-state index contributed by atoms with van der Waals surface area (Å²) < 4.78 is 16.7. The van der Waals surface area contributed by atoms with Crippen molar-refractivity contribution in [2.24, 2.45) is 0 Å². The summed E-state index contributed by atoms with van der Waals surface area (Å²) in [7, 11) is -0.980. The van der Waals surface area contributed by atoms with Gasteiger partial charge in [0, 0.05) is 28.5 Å². The highest BCUT2D eigenvalue weighted by Gasteiger charge is 2.19. The molecule has 3 N–H and O–H groups in total. The fraction of sp³-hybridized carbons (Fsp3) is 0.533. The maximum absolute atomic E-state index is 11.8. The van der Waals surface area contributed by atoms with Gasteiger partial charge in [-0.3, -0.25) is 4.21 Å². The fourth-order valence-electron chi connectivity index (χ4n) is 1.95. The second-order valence-corrected chi connectivity index (χ2v) is 7.48. The quantitative estimate of drug-likeness (QED) is 0.838. The second-order valence-electron chi connectivity index (χ2n) is 6.04. The first-order chi connectivity index (χ1) is 9.58. The van der Waals surface area contributed by atoms with Crippen molar-refractivity contribution in [2.45, 2.75) is 45.1 Å². The number of nitrogens with two attached hydrogens (primary N) is 1. The van der Waals surface area contributed by atoms with Crippen molar-refractivity contribution < 1.29 is 13.7 Å². The minimum Gasteiger partial charge on any atom is -0.444 e. The Labute approximate surface area is 128 Å². The minimum absolute atomic E-state index is 0.251. The lowest BCUT2D eigenvalue weighted by atomic mass is 10.0. The monoisotopic (exact) mass is 312 g/mol. The lowest BCUT2D eigenvalue weighted by Crippen LogP contribution is -2.34. The molecule has 0 aliphatic heterocycles. The van der Waals surface area contributed by atoms with E-state index in [2.05, 4.69) is 5.32 Å². The Hall–Kier alpha value is -1.56. The molecule has 6 heteroatoms. The molecule has 0 spiro atoms. The Morgan fingerprint density at radius 1 is 1.43 bits per heavy atom. The predicted octanol–water partition coefficient (Wildman–Crippen LogP) is 2.73. The molecule has 0 aromatic heterocycles. The van der Waals surface area contributed by atoms with E-state index in [4.69, 9.17) is 10.5 Å². The zero-order valence-electron chi connectivity index (χ0n) is 13.2. The van der Waals surface area contributed by atoms with Crippen LogP contribution in [0.15, 0.2) is 18.2 Å². The first kappa shape index (κ1) is 17.5. The van der Waals surface area contributed by atoms with Crippen molar-refractivity contribution in [3.05, 3.63) is 29.3 Å². The van der Waals surface area contributed by atoms with Gasteiger partial charge in [0.15, 0.2) is 0 Å². The first-order valence-corrected chi connectivity index (χ1v) is 8.49. The Morgan fingerprint density at radius 3 is 2.57 bits per heavy atom. The van der Waals surface area contributed by atoms with Crippen LogP contribution in [-0.4, -0.2) is 22.2 Å². The van der Waals surface area contributed by atoms with E-state index >= 15 is 0 Å². The summed E-state index contributed by atoms with van der Waals surface area (Å²) in [6, 6.07) is 5.16. The van der Waals surface area contributed by atoms with Crippen LogP contribution in [0.2, 0.25) is 0 Å². The average Bonchev–Trinajstić information content (AvgIpc) is 2.24. The summed E-state index contributed by atoms with van der Waals surface area (Å²) in [5, 5.41) is 2.78. The first-order valence-electron chi connectivity index (χ1n) is 6.76. The molecule has 0 fully saturated rings. The van der Waals surface area contributed by atoms with Crippen LogP contribution in [0, 0.1) is 0 Å². The molecule has 118 valence electrons. The highest BCUT2D eigenvalue weighted by Crippen LogP contribution is 2.22. The third-order valence-electron chi connectivity index (χ3n) is 2.73. The van der Waals surface area contributed by atoms with Crippen molar-refractivity contribution in [1.29, 1.82) is 0 Å². The van der Waals surface area contributed by atoms with E-state index in [0.717, 1.165) is 11.1 Å². The van der Waals surface area contributed by atoms with Crippen LogP contribution in [0.3, 0.4) is 0 Å². The molecule has 0 radical (unpaired) electrons. The van der Waals surface area contributed by atoms with Gasteiger partial charge in [-0.15, -0.1) is 0 Å². The molecule has 2 unspecified atom stereocenters. The number of alkyl carbamates (subject to hydrolysis) is 1. The molecule has 0 saturated heterocycles. The number of anilines is 1. The van der Waals surface area contributed by atoms with E-state index in [-0.39, 0.29) is 6.04 Å². The fourth-order valence-corrected chi connectivity index (χ4v) is 2.64. The highest BCUT2D eigenvalue weighted by atomic mass is 32.2. The number of nitrogens with one attached hydrogen (secondary N) is 1. The molecule has 2 atom stereocenters. The number of carbonyl (C=O) groups excluding carboxylic acids is 1.